The number of H-pyrrole nitrogens is 1. The van der Waals surface area contributed by atoms with Gasteiger partial charge in [0.05, 0.1) is 5.02 Å². The summed E-state index contributed by atoms with van der Waals surface area (Å²) in [5.74, 6) is -1.16. The van der Waals surface area contributed by atoms with Gasteiger partial charge in [-0.2, -0.15) is 5.26 Å². The summed E-state index contributed by atoms with van der Waals surface area (Å²) in [4.78, 5) is 14.1. The molecule has 2 rings (SSSR count). The summed E-state index contributed by atoms with van der Waals surface area (Å²) in [6.07, 6.45) is 0. The number of benzene rings is 1. The Morgan fingerprint density at radius 3 is 2.68 bits per heavy atom. The first-order valence-corrected chi connectivity index (χ1v) is 5.64. The molecule has 1 aromatic carbocycles. The predicted octanol–water partition coefficient (Wildman–Crippen LogP) is 2.72. The zero-order chi connectivity index (χ0) is 14.2. The second kappa shape index (κ2) is 4.75. The molecular weight excluding hydrogens is 271 g/mol. The van der Waals surface area contributed by atoms with Crippen LogP contribution in [0.5, 0.6) is 5.75 Å². The normalized spacial score (nSPS) is 10.2. The van der Waals surface area contributed by atoms with Gasteiger partial charge < -0.3 is 10.1 Å². The summed E-state index contributed by atoms with van der Waals surface area (Å²) in [7, 11) is 0. The minimum Gasteiger partial charge on any atom is -0.506 e. The Kier molecular flexibility index (Phi) is 3.28. The predicted molar refractivity (Wildman–Crippen MR) is 68.6 cm³/mol. The van der Waals surface area contributed by atoms with Crippen LogP contribution in [-0.4, -0.2) is 10.1 Å². The number of aromatic hydroxyl groups is 1. The molecule has 0 unspecified atom stereocenters. The van der Waals surface area contributed by atoms with Crippen molar-refractivity contribution in [3.63, 3.8) is 0 Å². The van der Waals surface area contributed by atoms with Gasteiger partial charge in [0.2, 0.25) is 0 Å². The van der Waals surface area contributed by atoms with E-state index in [1.54, 1.807) is 13.0 Å². The number of nitrogens with zero attached hydrogens (tertiary/aromatic N) is 1. The van der Waals surface area contributed by atoms with E-state index in [0.717, 1.165) is 6.07 Å². The zero-order valence-corrected chi connectivity index (χ0v) is 10.5. The number of aryl methyl sites for hydroxylation is 1. The fraction of sp³-hybridized carbons (Fsp3) is 0.0769. The van der Waals surface area contributed by atoms with E-state index in [4.69, 9.17) is 16.9 Å². The highest BCUT2D eigenvalue weighted by molar-refractivity contribution is 6.32. The summed E-state index contributed by atoms with van der Waals surface area (Å²) < 4.78 is 13.9. The standard InChI is InChI=1S/C13H8ClFN2O2/c1-6-2-7(9(5-16)13(19)17-6)8-3-10(14)12(18)4-11(8)15/h2-4,18H,1H3,(H,17,19). The summed E-state index contributed by atoms with van der Waals surface area (Å²) >= 11 is 5.73. The third-order valence-corrected chi connectivity index (χ3v) is 2.91. The summed E-state index contributed by atoms with van der Waals surface area (Å²) in [6, 6.07) is 5.24. The van der Waals surface area contributed by atoms with E-state index in [0.29, 0.717) is 5.69 Å². The van der Waals surface area contributed by atoms with Crippen molar-refractivity contribution in [3.8, 4) is 22.9 Å². The van der Waals surface area contributed by atoms with Crippen LogP contribution in [0.25, 0.3) is 11.1 Å². The highest BCUT2D eigenvalue weighted by atomic mass is 35.5. The van der Waals surface area contributed by atoms with Crippen molar-refractivity contribution in [2.45, 2.75) is 6.92 Å². The van der Waals surface area contributed by atoms with Gasteiger partial charge in [-0.05, 0) is 19.1 Å². The van der Waals surface area contributed by atoms with Crippen LogP contribution >= 0.6 is 11.6 Å². The van der Waals surface area contributed by atoms with E-state index in [1.807, 2.05) is 0 Å². The Balaban J connectivity index is 2.83. The molecule has 0 amide bonds. The van der Waals surface area contributed by atoms with Crippen molar-refractivity contribution in [2.75, 3.05) is 0 Å². The monoisotopic (exact) mass is 278 g/mol. The molecule has 0 radical (unpaired) electrons. The molecule has 0 aliphatic heterocycles. The van der Waals surface area contributed by atoms with Gasteiger partial charge in [0.1, 0.15) is 23.2 Å². The maximum atomic E-state index is 13.9. The van der Waals surface area contributed by atoms with Crippen LogP contribution in [0.15, 0.2) is 23.0 Å². The number of aromatic amines is 1. The Labute approximate surface area is 112 Å². The lowest BCUT2D eigenvalue weighted by molar-refractivity contribution is 0.469. The topological polar surface area (TPSA) is 76.9 Å². The van der Waals surface area contributed by atoms with Crippen molar-refractivity contribution in [2.24, 2.45) is 0 Å². The van der Waals surface area contributed by atoms with E-state index in [-0.39, 0.29) is 21.7 Å². The number of aromatic nitrogens is 1. The van der Waals surface area contributed by atoms with Gasteiger partial charge in [0, 0.05) is 22.9 Å². The second-order valence-corrected chi connectivity index (χ2v) is 4.37. The van der Waals surface area contributed by atoms with Crippen molar-refractivity contribution < 1.29 is 9.50 Å². The van der Waals surface area contributed by atoms with E-state index in [9.17, 15) is 14.3 Å². The number of hydrogen-bond donors (Lipinski definition) is 2. The quantitative estimate of drug-likeness (QED) is 0.842. The molecule has 19 heavy (non-hydrogen) atoms. The van der Waals surface area contributed by atoms with Crippen LogP contribution in [0, 0.1) is 24.1 Å². The van der Waals surface area contributed by atoms with Gasteiger partial charge in [0.25, 0.3) is 5.56 Å². The number of phenols is 1. The fourth-order valence-electron chi connectivity index (χ4n) is 1.75. The molecule has 6 heteroatoms. The lowest BCUT2D eigenvalue weighted by atomic mass is 10.0. The van der Waals surface area contributed by atoms with Crippen LogP contribution in [-0.2, 0) is 0 Å². The van der Waals surface area contributed by atoms with Gasteiger partial charge in [-0.3, -0.25) is 4.79 Å². The van der Waals surface area contributed by atoms with E-state index >= 15 is 0 Å². The number of phenolic OH excluding ortho intramolecular Hbond substituents is 1. The Hall–Kier alpha value is -2.32. The molecule has 0 bridgehead atoms. The summed E-state index contributed by atoms with van der Waals surface area (Å²) in [5.41, 5.74) is -0.174. The molecule has 1 heterocycles. The Bertz CT molecular complexity index is 762. The molecule has 0 saturated carbocycles. The summed E-state index contributed by atoms with van der Waals surface area (Å²) in [5, 5.41) is 18.2. The van der Waals surface area contributed by atoms with Crippen LogP contribution in [0.2, 0.25) is 5.02 Å². The molecular formula is C13H8ClFN2O2. The molecule has 2 N–H and O–H groups in total. The van der Waals surface area contributed by atoms with Gasteiger partial charge >= 0.3 is 0 Å². The number of nitriles is 1. The number of hydrogen-bond acceptors (Lipinski definition) is 3. The molecule has 2 aromatic rings. The average molecular weight is 279 g/mol. The van der Waals surface area contributed by atoms with E-state index in [1.165, 1.54) is 12.1 Å². The lowest BCUT2D eigenvalue weighted by Crippen LogP contribution is -2.13. The maximum Gasteiger partial charge on any atom is 0.266 e. The first kappa shape index (κ1) is 13.1. The molecule has 0 atom stereocenters. The molecule has 0 aliphatic rings. The number of nitrogens with one attached hydrogen (secondary N) is 1. The van der Waals surface area contributed by atoms with Gasteiger partial charge in [-0.15, -0.1) is 0 Å². The van der Waals surface area contributed by atoms with Gasteiger partial charge in [-0.25, -0.2) is 4.39 Å². The Morgan fingerprint density at radius 1 is 1.37 bits per heavy atom. The molecule has 1 aromatic heterocycles. The minimum absolute atomic E-state index is 0.00597. The van der Waals surface area contributed by atoms with Crippen LogP contribution in [0.3, 0.4) is 0 Å². The fourth-order valence-corrected chi connectivity index (χ4v) is 1.92. The number of halogens is 2. The number of rotatable bonds is 1. The van der Waals surface area contributed by atoms with Crippen molar-refractivity contribution in [1.29, 1.82) is 5.26 Å². The lowest BCUT2D eigenvalue weighted by Gasteiger charge is -2.08. The molecule has 0 saturated heterocycles. The zero-order valence-electron chi connectivity index (χ0n) is 9.79. The first-order valence-electron chi connectivity index (χ1n) is 5.26. The SMILES string of the molecule is Cc1cc(-c2cc(Cl)c(O)cc2F)c(C#N)c(=O)[nH]1. The van der Waals surface area contributed by atoms with Gasteiger partial charge in [-0.1, -0.05) is 11.6 Å². The Morgan fingerprint density at radius 2 is 2.05 bits per heavy atom. The minimum atomic E-state index is -0.761. The van der Waals surface area contributed by atoms with Crippen LogP contribution in [0.1, 0.15) is 11.3 Å². The molecule has 0 spiro atoms. The molecule has 0 fully saturated rings. The van der Waals surface area contributed by atoms with Gasteiger partial charge in [0.15, 0.2) is 0 Å². The van der Waals surface area contributed by atoms with Crippen molar-refractivity contribution in [3.05, 3.63) is 50.7 Å². The van der Waals surface area contributed by atoms with E-state index < -0.39 is 17.1 Å². The van der Waals surface area contributed by atoms with Crippen LogP contribution < -0.4 is 5.56 Å². The molecule has 96 valence electrons. The highest BCUT2D eigenvalue weighted by Crippen LogP contribution is 2.33. The first-order chi connectivity index (χ1) is 8.93. The largest absolute Gasteiger partial charge is 0.506 e. The highest BCUT2D eigenvalue weighted by Gasteiger charge is 2.16. The molecule has 0 aliphatic carbocycles. The number of pyridine rings is 1. The second-order valence-electron chi connectivity index (χ2n) is 3.97. The molecule has 4 nitrogen and oxygen atoms in total. The summed E-state index contributed by atoms with van der Waals surface area (Å²) in [6.45, 7) is 1.62. The third kappa shape index (κ3) is 2.30. The smallest absolute Gasteiger partial charge is 0.266 e. The average Bonchev–Trinajstić information content (AvgIpc) is 2.33. The van der Waals surface area contributed by atoms with Crippen molar-refractivity contribution >= 4 is 11.6 Å². The van der Waals surface area contributed by atoms with Crippen LogP contribution in [0.4, 0.5) is 4.39 Å². The van der Waals surface area contributed by atoms with Crippen molar-refractivity contribution in [1.82, 2.24) is 4.98 Å². The third-order valence-electron chi connectivity index (χ3n) is 2.61. The maximum absolute atomic E-state index is 13.9. The van der Waals surface area contributed by atoms with E-state index in [2.05, 4.69) is 4.98 Å².